The van der Waals surface area contributed by atoms with Crippen LogP contribution in [0, 0.1) is 25.7 Å². The van der Waals surface area contributed by atoms with Crippen molar-refractivity contribution >= 4 is 25.5 Å². The quantitative estimate of drug-likeness (QED) is 0.0215. The molecule has 358 valence electrons. The van der Waals surface area contributed by atoms with Crippen LogP contribution in [0.1, 0.15) is 171 Å². The number of unbranched alkanes of at least 4 members (excludes halogenated alkanes) is 12. The van der Waals surface area contributed by atoms with E-state index >= 15 is 0 Å². The standard InChI is InChI=1S/C48H84NO12P/c1-8-10-19-25-39(50)30-31-42-41(43(51)34-44(42)52)26-20-17-18-23-29-48(54)60-40(36-59-62(55,56)58-33-32-49(5,6)7)35-57-47(53)28-22-16-14-12-11-13-15-21-27-46-38(4)37(3)45(61-46)24-9-2/h30-31,39-42,44,50,52H,8-29,32-36H2,1-7H3/b31-30+/t39-,40+,41+,42+,44+/m0/s1. The maximum Gasteiger partial charge on any atom is 0.306 e. The number of aryl methyl sites for hydroxylation is 2. The van der Waals surface area contributed by atoms with Crippen molar-refractivity contribution in [1.29, 1.82) is 0 Å². The number of phosphoric ester groups is 1. The highest BCUT2D eigenvalue weighted by Crippen LogP contribution is 2.38. The smallest absolute Gasteiger partial charge is 0.306 e. The van der Waals surface area contributed by atoms with E-state index < -0.39 is 44.7 Å². The van der Waals surface area contributed by atoms with Crippen LogP contribution in [-0.4, -0.2) is 98.2 Å². The molecule has 0 spiro atoms. The number of aliphatic hydroxyl groups is 2. The Hall–Kier alpha value is -2.38. The van der Waals surface area contributed by atoms with Gasteiger partial charge in [-0.2, -0.15) is 0 Å². The summed E-state index contributed by atoms with van der Waals surface area (Å²) in [7, 11) is 1.00. The SMILES string of the molecule is CCCCC[C@H](O)/C=C/[C@H]1[C@H](O)CC(=O)[C@@H]1CCCCCCC(=O)O[C@H](COC(=O)CCCCCCCCCCc1oc(CCC)c(C)c1C)COP(=O)([O-])OCC[N+](C)(C)C. The highest BCUT2D eigenvalue weighted by Gasteiger charge is 2.39. The minimum Gasteiger partial charge on any atom is -0.756 e. The Morgan fingerprint density at radius 2 is 1.42 bits per heavy atom. The lowest BCUT2D eigenvalue weighted by atomic mass is 9.88. The Kier molecular flexibility index (Phi) is 27.6. The maximum absolute atomic E-state index is 12.8. The molecule has 0 saturated heterocycles. The zero-order valence-corrected chi connectivity index (χ0v) is 40.4. The van der Waals surface area contributed by atoms with Crippen LogP contribution in [0.3, 0.4) is 0 Å². The molecule has 0 radical (unpaired) electrons. The number of carbonyl (C=O) groups is 3. The van der Waals surface area contributed by atoms with Crippen LogP contribution in [0.15, 0.2) is 16.6 Å². The predicted molar refractivity (Wildman–Crippen MR) is 240 cm³/mol. The zero-order valence-electron chi connectivity index (χ0n) is 39.5. The summed E-state index contributed by atoms with van der Waals surface area (Å²) in [6.07, 6.45) is 19.9. The molecule has 1 saturated carbocycles. The third-order valence-corrected chi connectivity index (χ3v) is 12.8. The molecule has 1 aromatic heterocycles. The monoisotopic (exact) mass is 898 g/mol. The average molecular weight is 898 g/mol. The number of esters is 2. The van der Waals surface area contributed by atoms with Gasteiger partial charge in [0.2, 0.25) is 0 Å². The molecule has 0 aliphatic heterocycles. The fraction of sp³-hybridized carbons (Fsp3) is 0.812. The van der Waals surface area contributed by atoms with Gasteiger partial charge >= 0.3 is 11.9 Å². The number of ether oxygens (including phenoxy) is 2. The van der Waals surface area contributed by atoms with Gasteiger partial charge in [-0.25, -0.2) is 0 Å². The molecule has 0 bridgehead atoms. The number of hydrogen-bond donors (Lipinski definition) is 2. The van der Waals surface area contributed by atoms with Crippen molar-refractivity contribution in [2.45, 2.75) is 194 Å². The van der Waals surface area contributed by atoms with Gasteiger partial charge < -0.3 is 42.5 Å². The number of aliphatic hydroxyl groups excluding tert-OH is 2. The summed E-state index contributed by atoms with van der Waals surface area (Å²) < 4.78 is 40.1. The van der Waals surface area contributed by atoms with E-state index in [2.05, 4.69) is 27.7 Å². The number of furan rings is 1. The minimum atomic E-state index is -4.70. The largest absolute Gasteiger partial charge is 0.756 e. The van der Waals surface area contributed by atoms with Crippen LogP contribution in [-0.2, 0) is 50.3 Å². The highest BCUT2D eigenvalue weighted by molar-refractivity contribution is 7.45. The molecule has 13 nitrogen and oxygen atoms in total. The molecule has 2 rings (SSSR count). The summed E-state index contributed by atoms with van der Waals surface area (Å²) >= 11 is 0. The first-order chi connectivity index (χ1) is 29.5. The van der Waals surface area contributed by atoms with Gasteiger partial charge in [-0.1, -0.05) is 103 Å². The van der Waals surface area contributed by atoms with Crippen LogP contribution in [0.4, 0.5) is 0 Å². The molecule has 1 aliphatic rings. The van der Waals surface area contributed by atoms with Crippen molar-refractivity contribution in [3.8, 4) is 0 Å². The Morgan fingerprint density at radius 3 is 2.05 bits per heavy atom. The number of nitrogens with zero attached hydrogens (tertiary/aromatic N) is 1. The molecular weight excluding hydrogens is 813 g/mol. The van der Waals surface area contributed by atoms with E-state index in [-0.39, 0.29) is 50.1 Å². The molecule has 1 aromatic rings. The van der Waals surface area contributed by atoms with Gasteiger partial charge in [-0.05, 0) is 63.5 Å². The number of phosphoric acid groups is 1. The zero-order chi connectivity index (χ0) is 46.0. The average Bonchev–Trinajstić information content (AvgIpc) is 3.63. The van der Waals surface area contributed by atoms with Crippen LogP contribution in [0.5, 0.6) is 0 Å². The summed E-state index contributed by atoms with van der Waals surface area (Å²) in [4.78, 5) is 50.6. The molecule has 0 amide bonds. The number of carbonyl (C=O) groups excluding carboxylic acids is 3. The third-order valence-electron chi connectivity index (χ3n) is 11.9. The maximum atomic E-state index is 12.8. The van der Waals surface area contributed by atoms with Crippen molar-refractivity contribution in [3.05, 3.63) is 34.8 Å². The summed E-state index contributed by atoms with van der Waals surface area (Å²) in [5.41, 5.74) is 2.60. The molecule has 1 heterocycles. The number of rotatable bonds is 36. The molecule has 1 aliphatic carbocycles. The Labute approximate surface area is 373 Å². The van der Waals surface area contributed by atoms with E-state index in [1.54, 1.807) is 6.08 Å². The first-order valence-corrected chi connectivity index (χ1v) is 25.3. The van der Waals surface area contributed by atoms with Crippen LogP contribution in [0.2, 0.25) is 0 Å². The molecule has 0 aromatic carbocycles. The Morgan fingerprint density at radius 1 is 0.823 bits per heavy atom. The van der Waals surface area contributed by atoms with Crippen LogP contribution in [0.25, 0.3) is 0 Å². The van der Waals surface area contributed by atoms with Crippen molar-refractivity contribution in [2.24, 2.45) is 11.8 Å². The van der Waals surface area contributed by atoms with Gasteiger partial charge in [-0.15, -0.1) is 0 Å². The van der Waals surface area contributed by atoms with E-state index in [9.17, 15) is 34.1 Å². The second-order valence-corrected chi connectivity index (χ2v) is 19.9. The Bertz CT molecular complexity index is 1500. The molecule has 2 N–H and O–H groups in total. The lowest BCUT2D eigenvalue weighted by Gasteiger charge is -2.28. The molecule has 14 heteroatoms. The van der Waals surface area contributed by atoms with Crippen LogP contribution >= 0.6 is 7.82 Å². The molecule has 6 atom stereocenters. The first-order valence-electron chi connectivity index (χ1n) is 23.9. The van der Waals surface area contributed by atoms with Crippen molar-refractivity contribution in [2.75, 3.05) is 47.5 Å². The van der Waals surface area contributed by atoms with Crippen molar-refractivity contribution < 1.29 is 61.5 Å². The van der Waals surface area contributed by atoms with Crippen LogP contribution < -0.4 is 4.89 Å². The van der Waals surface area contributed by atoms with Crippen molar-refractivity contribution in [3.63, 3.8) is 0 Å². The minimum absolute atomic E-state index is 0.0384. The molecule has 1 fully saturated rings. The number of quaternary nitrogens is 1. The third kappa shape index (κ3) is 24.1. The van der Waals surface area contributed by atoms with Gasteiger partial charge in [0.25, 0.3) is 7.82 Å². The van der Waals surface area contributed by atoms with Crippen molar-refractivity contribution in [1.82, 2.24) is 0 Å². The summed E-state index contributed by atoms with van der Waals surface area (Å²) in [5, 5.41) is 20.8. The Balaban J connectivity index is 1.72. The van der Waals surface area contributed by atoms with Gasteiger partial charge in [0.05, 0.1) is 40.0 Å². The van der Waals surface area contributed by atoms with E-state index in [0.29, 0.717) is 43.1 Å². The number of ketones is 1. The number of hydrogen-bond acceptors (Lipinski definition) is 12. The number of Topliss-reactive ketones (excluding diaryl/α,β-unsaturated/α-hetero) is 1. The molecular formula is C48H84NO12P. The van der Waals surface area contributed by atoms with Gasteiger partial charge in [-0.3, -0.25) is 18.9 Å². The van der Waals surface area contributed by atoms with E-state index in [1.165, 1.54) is 17.5 Å². The van der Waals surface area contributed by atoms with Gasteiger partial charge in [0.1, 0.15) is 37.1 Å². The van der Waals surface area contributed by atoms with E-state index in [0.717, 1.165) is 101 Å². The normalized spacial score (nSPS) is 18.9. The highest BCUT2D eigenvalue weighted by atomic mass is 31.2. The van der Waals surface area contributed by atoms with E-state index in [1.807, 2.05) is 27.2 Å². The fourth-order valence-electron chi connectivity index (χ4n) is 7.83. The summed E-state index contributed by atoms with van der Waals surface area (Å²) in [5.74, 6) is 0.689. The summed E-state index contributed by atoms with van der Waals surface area (Å²) in [6.45, 7) is 8.06. The van der Waals surface area contributed by atoms with Gasteiger partial charge in [0.15, 0.2) is 6.10 Å². The predicted octanol–water partition coefficient (Wildman–Crippen LogP) is 8.97. The second-order valence-electron chi connectivity index (χ2n) is 18.5. The number of likely N-dealkylation sites (N-methyl/N-ethyl adjacent to an activating group) is 1. The second kappa shape index (κ2) is 30.7. The van der Waals surface area contributed by atoms with Gasteiger partial charge in [0, 0.05) is 43.9 Å². The van der Waals surface area contributed by atoms with E-state index in [4.69, 9.17) is 22.9 Å². The molecule has 1 unspecified atom stereocenters. The topological polar surface area (TPSA) is 182 Å². The lowest BCUT2D eigenvalue weighted by Crippen LogP contribution is -2.37. The first kappa shape index (κ1) is 55.8. The fourth-order valence-corrected chi connectivity index (χ4v) is 8.56. The lowest BCUT2D eigenvalue weighted by molar-refractivity contribution is -0.870. The molecule has 62 heavy (non-hydrogen) atoms. The summed E-state index contributed by atoms with van der Waals surface area (Å²) in [6, 6.07) is 0.